The lowest BCUT2D eigenvalue weighted by Gasteiger charge is -2.19. The number of nitrogens with one attached hydrogen (secondary N) is 1. The van der Waals surface area contributed by atoms with E-state index in [-0.39, 0.29) is 18.9 Å². The number of aliphatic hydroxyl groups excluding tert-OH is 1. The second kappa shape index (κ2) is 7.51. The Bertz CT molecular complexity index is 635. The molecular weight excluding hydrogens is 292 g/mol. The highest BCUT2D eigenvalue weighted by atomic mass is 19.2. The summed E-state index contributed by atoms with van der Waals surface area (Å²) in [6.45, 7) is -0.137. The van der Waals surface area contributed by atoms with Crippen LogP contribution < -0.4 is 10.1 Å². The first-order valence-corrected chi connectivity index (χ1v) is 6.67. The van der Waals surface area contributed by atoms with Gasteiger partial charge >= 0.3 is 0 Å². The maximum atomic E-state index is 13.2. The molecule has 0 bridgehead atoms. The molecule has 0 aliphatic heterocycles. The average molecular weight is 307 g/mol. The summed E-state index contributed by atoms with van der Waals surface area (Å²) in [5.74, 6) is -2.50. The van der Waals surface area contributed by atoms with Crippen LogP contribution >= 0.6 is 0 Å². The molecule has 6 heteroatoms. The quantitative estimate of drug-likeness (QED) is 0.860. The number of rotatable bonds is 6. The van der Waals surface area contributed by atoms with E-state index in [1.54, 1.807) is 30.3 Å². The van der Waals surface area contributed by atoms with Crippen molar-refractivity contribution in [3.05, 3.63) is 65.7 Å². The van der Waals surface area contributed by atoms with E-state index < -0.39 is 23.6 Å². The number of amides is 1. The number of carbonyl (C=O) groups is 1. The Morgan fingerprint density at radius 3 is 2.50 bits per heavy atom. The SMILES string of the molecule is O=C(NCCO)C(Oc1ccc(F)c(F)c1)c1ccccc1. The monoisotopic (exact) mass is 307 g/mol. The van der Waals surface area contributed by atoms with Crippen LogP contribution in [0, 0.1) is 11.6 Å². The first kappa shape index (κ1) is 15.9. The van der Waals surface area contributed by atoms with Crippen LogP contribution in [0.4, 0.5) is 8.78 Å². The highest BCUT2D eigenvalue weighted by Crippen LogP contribution is 2.23. The van der Waals surface area contributed by atoms with E-state index in [1.807, 2.05) is 0 Å². The molecule has 0 aromatic heterocycles. The zero-order chi connectivity index (χ0) is 15.9. The number of halogens is 2. The standard InChI is InChI=1S/C16H15F2NO3/c17-13-7-6-12(10-14(13)18)22-15(16(21)19-8-9-20)11-4-2-1-3-5-11/h1-7,10,15,20H,8-9H2,(H,19,21). The first-order chi connectivity index (χ1) is 10.6. The van der Waals surface area contributed by atoms with Crippen molar-refractivity contribution in [2.45, 2.75) is 6.10 Å². The summed E-state index contributed by atoms with van der Waals surface area (Å²) in [4.78, 5) is 12.1. The summed E-state index contributed by atoms with van der Waals surface area (Å²) >= 11 is 0. The summed E-state index contributed by atoms with van der Waals surface area (Å²) in [5, 5.41) is 11.3. The van der Waals surface area contributed by atoms with Gasteiger partial charge in [0, 0.05) is 18.2 Å². The lowest BCUT2D eigenvalue weighted by Crippen LogP contribution is -2.34. The third-order valence-corrected chi connectivity index (χ3v) is 2.90. The van der Waals surface area contributed by atoms with Crippen molar-refractivity contribution >= 4 is 5.91 Å². The molecule has 2 N–H and O–H groups in total. The van der Waals surface area contributed by atoms with E-state index in [1.165, 1.54) is 6.07 Å². The van der Waals surface area contributed by atoms with Crippen molar-refractivity contribution < 1.29 is 23.4 Å². The van der Waals surface area contributed by atoms with Crippen LogP contribution in [0.25, 0.3) is 0 Å². The Kier molecular flexibility index (Phi) is 5.43. The van der Waals surface area contributed by atoms with Gasteiger partial charge in [-0.15, -0.1) is 0 Å². The van der Waals surface area contributed by atoms with Gasteiger partial charge in [-0.1, -0.05) is 30.3 Å². The van der Waals surface area contributed by atoms with Gasteiger partial charge < -0.3 is 15.2 Å². The van der Waals surface area contributed by atoms with Gasteiger partial charge in [-0.3, -0.25) is 4.79 Å². The first-order valence-electron chi connectivity index (χ1n) is 6.67. The average Bonchev–Trinajstić information content (AvgIpc) is 2.54. The Labute approximate surface area is 126 Å². The molecule has 0 aliphatic rings. The molecule has 2 aromatic rings. The smallest absolute Gasteiger partial charge is 0.265 e. The Balaban J connectivity index is 2.24. The van der Waals surface area contributed by atoms with Gasteiger partial charge in [-0.25, -0.2) is 8.78 Å². The Morgan fingerprint density at radius 2 is 1.86 bits per heavy atom. The van der Waals surface area contributed by atoms with Crippen LogP contribution in [0.2, 0.25) is 0 Å². The molecule has 0 radical (unpaired) electrons. The highest BCUT2D eigenvalue weighted by Gasteiger charge is 2.22. The molecule has 0 spiro atoms. The van der Waals surface area contributed by atoms with Gasteiger partial charge in [0.15, 0.2) is 11.6 Å². The molecule has 0 saturated heterocycles. The van der Waals surface area contributed by atoms with Crippen molar-refractivity contribution in [1.29, 1.82) is 0 Å². The van der Waals surface area contributed by atoms with Crippen LogP contribution in [0.5, 0.6) is 5.75 Å². The number of aliphatic hydroxyl groups is 1. The molecule has 4 nitrogen and oxygen atoms in total. The van der Waals surface area contributed by atoms with Crippen molar-refractivity contribution in [1.82, 2.24) is 5.32 Å². The second-order valence-corrected chi connectivity index (χ2v) is 4.50. The summed E-state index contributed by atoms with van der Waals surface area (Å²) in [7, 11) is 0. The summed E-state index contributed by atoms with van der Waals surface area (Å²) in [6.07, 6.45) is -1.03. The molecule has 1 amide bonds. The van der Waals surface area contributed by atoms with Gasteiger partial charge in [-0.05, 0) is 12.1 Å². The Morgan fingerprint density at radius 1 is 1.14 bits per heavy atom. The molecule has 116 valence electrons. The second-order valence-electron chi connectivity index (χ2n) is 4.50. The topological polar surface area (TPSA) is 58.6 Å². The molecule has 2 rings (SSSR count). The van der Waals surface area contributed by atoms with Gasteiger partial charge in [-0.2, -0.15) is 0 Å². The molecule has 22 heavy (non-hydrogen) atoms. The van der Waals surface area contributed by atoms with E-state index in [9.17, 15) is 13.6 Å². The fraction of sp³-hybridized carbons (Fsp3) is 0.188. The number of ether oxygens (including phenoxy) is 1. The minimum absolute atomic E-state index is 0.0342. The predicted octanol–water partition coefficient (Wildman–Crippen LogP) is 2.19. The van der Waals surface area contributed by atoms with Crippen molar-refractivity contribution in [2.75, 3.05) is 13.2 Å². The summed E-state index contributed by atoms with van der Waals surface area (Å²) in [6, 6.07) is 11.7. The molecular formula is C16H15F2NO3. The highest BCUT2D eigenvalue weighted by molar-refractivity contribution is 5.82. The maximum Gasteiger partial charge on any atom is 0.265 e. The molecule has 0 fully saturated rings. The van der Waals surface area contributed by atoms with Crippen LogP contribution in [0.15, 0.2) is 48.5 Å². The molecule has 0 aliphatic carbocycles. The minimum Gasteiger partial charge on any atom is -0.476 e. The Hall–Kier alpha value is -2.47. The molecule has 0 saturated carbocycles. The van der Waals surface area contributed by atoms with Crippen molar-refractivity contribution in [3.8, 4) is 5.75 Å². The summed E-state index contributed by atoms with van der Waals surface area (Å²) in [5.41, 5.74) is 0.558. The fourth-order valence-electron chi connectivity index (χ4n) is 1.86. The minimum atomic E-state index is -1.06. The van der Waals surface area contributed by atoms with E-state index in [4.69, 9.17) is 9.84 Å². The predicted molar refractivity (Wildman–Crippen MR) is 76.3 cm³/mol. The lowest BCUT2D eigenvalue weighted by molar-refractivity contribution is -0.128. The van der Waals surface area contributed by atoms with Gasteiger partial charge in [0.1, 0.15) is 5.75 Å². The normalized spacial score (nSPS) is 11.8. The molecule has 2 aromatic carbocycles. The zero-order valence-corrected chi connectivity index (χ0v) is 11.6. The largest absolute Gasteiger partial charge is 0.476 e. The number of carbonyl (C=O) groups excluding carboxylic acids is 1. The third kappa shape index (κ3) is 4.02. The zero-order valence-electron chi connectivity index (χ0n) is 11.6. The van der Waals surface area contributed by atoms with Gasteiger partial charge in [0.2, 0.25) is 6.10 Å². The van der Waals surface area contributed by atoms with Gasteiger partial charge in [0.25, 0.3) is 5.91 Å². The van der Waals surface area contributed by atoms with Crippen LogP contribution in [0.3, 0.4) is 0 Å². The van der Waals surface area contributed by atoms with Gasteiger partial charge in [0.05, 0.1) is 6.61 Å². The number of hydrogen-bond donors (Lipinski definition) is 2. The van der Waals surface area contributed by atoms with Crippen molar-refractivity contribution in [2.24, 2.45) is 0 Å². The van der Waals surface area contributed by atoms with E-state index >= 15 is 0 Å². The van der Waals surface area contributed by atoms with E-state index in [0.29, 0.717) is 5.56 Å². The maximum absolute atomic E-state index is 13.2. The number of benzene rings is 2. The van der Waals surface area contributed by atoms with Crippen LogP contribution in [-0.4, -0.2) is 24.2 Å². The van der Waals surface area contributed by atoms with Crippen LogP contribution in [-0.2, 0) is 4.79 Å². The molecule has 1 unspecified atom stereocenters. The molecule has 1 atom stereocenters. The van der Waals surface area contributed by atoms with Crippen LogP contribution in [0.1, 0.15) is 11.7 Å². The van der Waals surface area contributed by atoms with Crippen molar-refractivity contribution in [3.63, 3.8) is 0 Å². The third-order valence-electron chi connectivity index (χ3n) is 2.90. The van der Waals surface area contributed by atoms with E-state index in [2.05, 4.69) is 5.32 Å². The summed E-state index contributed by atoms with van der Waals surface area (Å²) < 4.78 is 31.7. The fourth-order valence-corrected chi connectivity index (χ4v) is 1.86. The lowest BCUT2D eigenvalue weighted by atomic mass is 10.1. The molecule has 0 heterocycles. The number of hydrogen-bond acceptors (Lipinski definition) is 3. The van der Waals surface area contributed by atoms with E-state index in [0.717, 1.165) is 12.1 Å².